The van der Waals surface area contributed by atoms with Gasteiger partial charge < -0.3 is 10.6 Å². The number of aromatic nitrogens is 2. The van der Waals surface area contributed by atoms with Crippen molar-refractivity contribution in [1.82, 2.24) is 14.7 Å². The molecule has 0 unspecified atom stereocenters. The summed E-state index contributed by atoms with van der Waals surface area (Å²) in [6, 6.07) is 9.95. The highest BCUT2D eigenvalue weighted by Gasteiger charge is 2.13. The van der Waals surface area contributed by atoms with Gasteiger partial charge >= 0.3 is 0 Å². The largest absolute Gasteiger partial charge is 0.396 e. The van der Waals surface area contributed by atoms with Crippen molar-refractivity contribution >= 4 is 11.6 Å². The van der Waals surface area contributed by atoms with Crippen LogP contribution in [0.4, 0.5) is 5.69 Å². The van der Waals surface area contributed by atoms with Crippen LogP contribution in [0.5, 0.6) is 0 Å². The summed E-state index contributed by atoms with van der Waals surface area (Å²) in [5.41, 5.74) is 7.27. The van der Waals surface area contributed by atoms with Crippen LogP contribution in [0.2, 0.25) is 0 Å². The van der Waals surface area contributed by atoms with E-state index in [0.717, 1.165) is 5.56 Å². The molecule has 100 valence electrons. The van der Waals surface area contributed by atoms with Crippen molar-refractivity contribution in [3.05, 3.63) is 48.3 Å². The van der Waals surface area contributed by atoms with Crippen LogP contribution in [0.25, 0.3) is 0 Å². The van der Waals surface area contributed by atoms with Gasteiger partial charge in [-0.15, -0.1) is 0 Å². The molecule has 1 amide bonds. The highest BCUT2D eigenvalue weighted by molar-refractivity contribution is 5.76. The lowest BCUT2D eigenvalue weighted by Gasteiger charge is -2.21. The van der Waals surface area contributed by atoms with E-state index in [4.69, 9.17) is 5.73 Å². The molecule has 5 nitrogen and oxygen atoms in total. The summed E-state index contributed by atoms with van der Waals surface area (Å²) < 4.78 is 1.56. The Balaban J connectivity index is 1.99. The van der Waals surface area contributed by atoms with Crippen molar-refractivity contribution in [2.75, 3.05) is 12.3 Å². The average molecular weight is 258 g/mol. The van der Waals surface area contributed by atoms with Gasteiger partial charge in [0, 0.05) is 19.3 Å². The average Bonchev–Trinajstić information content (AvgIpc) is 2.82. The smallest absolute Gasteiger partial charge is 0.244 e. The molecule has 0 fully saturated rings. The van der Waals surface area contributed by atoms with Crippen molar-refractivity contribution in [1.29, 1.82) is 0 Å². The Kier molecular flexibility index (Phi) is 4.18. The molecule has 2 aromatic rings. The van der Waals surface area contributed by atoms with Gasteiger partial charge in [0.2, 0.25) is 5.91 Å². The van der Waals surface area contributed by atoms with E-state index in [-0.39, 0.29) is 12.5 Å². The van der Waals surface area contributed by atoms with Gasteiger partial charge in [-0.05, 0) is 12.5 Å². The number of hydrogen-bond donors (Lipinski definition) is 1. The zero-order valence-corrected chi connectivity index (χ0v) is 11.0. The standard InChI is InChI=1S/C14H18N4O/c1-2-17(9-12-6-4-3-5-7-12)14(19)11-18-10-13(15)8-16-18/h3-8,10H,2,9,11,15H2,1H3. The number of nitrogens with two attached hydrogens (primary N) is 1. The summed E-state index contributed by atoms with van der Waals surface area (Å²) in [6.45, 7) is 3.48. The van der Waals surface area contributed by atoms with Crippen LogP contribution in [0.15, 0.2) is 42.7 Å². The third kappa shape index (κ3) is 3.58. The topological polar surface area (TPSA) is 64.2 Å². The molecule has 1 aromatic heterocycles. The Morgan fingerprint density at radius 1 is 1.37 bits per heavy atom. The fourth-order valence-corrected chi connectivity index (χ4v) is 1.88. The Bertz CT molecular complexity index is 535. The predicted octanol–water partition coefficient (Wildman–Crippen LogP) is 1.51. The lowest BCUT2D eigenvalue weighted by atomic mass is 10.2. The number of carbonyl (C=O) groups excluding carboxylic acids is 1. The first-order valence-corrected chi connectivity index (χ1v) is 6.28. The minimum absolute atomic E-state index is 0.0365. The monoisotopic (exact) mass is 258 g/mol. The number of amides is 1. The van der Waals surface area contributed by atoms with Gasteiger partial charge in [-0.25, -0.2) is 0 Å². The van der Waals surface area contributed by atoms with Crippen LogP contribution in [0.3, 0.4) is 0 Å². The van der Waals surface area contributed by atoms with Gasteiger partial charge in [0.15, 0.2) is 0 Å². The molecule has 2 N–H and O–H groups in total. The van der Waals surface area contributed by atoms with E-state index in [1.54, 1.807) is 22.0 Å². The number of anilines is 1. The first-order chi connectivity index (χ1) is 9.19. The van der Waals surface area contributed by atoms with E-state index >= 15 is 0 Å². The Morgan fingerprint density at radius 3 is 2.68 bits per heavy atom. The molecule has 2 rings (SSSR count). The SMILES string of the molecule is CCN(Cc1ccccc1)C(=O)Cn1cc(N)cn1. The molecule has 0 bridgehead atoms. The van der Waals surface area contributed by atoms with E-state index in [1.165, 1.54) is 0 Å². The molecule has 0 spiro atoms. The van der Waals surface area contributed by atoms with Gasteiger partial charge in [-0.3, -0.25) is 9.48 Å². The molecule has 19 heavy (non-hydrogen) atoms. The first kappa shape index (κ1) is 13.1. The lowest BCUT2D eigenvalue weighted by Crippen LogP contribution is -2.33. The van der Waals surface area contributed by atoms with Gasteiger partial charge in [0.25, 0.3) is 0 Å². The number of rotatable bonds is 5. The molecule has 0 saturated carbocycles. The van der Waals surface area contributed by atoms with Crippen LogP contribution >= 0.6 is 0 Å². The minimum atomic E-state index is 0.0365. The van der Waals surface area contributed by atoms with Crippen molar-refractivity contribution in [3.8, 4) is 0 Å². The van der Waals surface area contributed by atoms with Crippen LogP contribution in [0, 0.1) is 0 Å². The maximum Gasteiger partial charge on any atom is 0.244 e. The van der Waals surface area contributed by atoms with Crippen molar-refractivity contribution < 1.29 is 4.79 Å². The van der Waals surface area contributed by atoms with E-state index in [2.05, 4.69) is 5.10 Å². The Hall–Kier alpha value is -2.30. The van der Waals surface area contributed by atoms with Crippen LogP contribution in [-0.4, -0.2) is 27.1 Å². The molecule has 1 heterocycles. The van der Waals surface area contributed by atoms with Gasteiger partial charge in [0.1, 0.15) is 6.54 Å². The number of nitrogens with zero attached hydrogens (tertiary/aromatic N) is 3. The molecule has 0 radical (unpaired) electrons. The summed E-state index contributed by atoms with van der Waals surface area (Å²) in [4.78, 5) is 14.0. The Morgan fingerprint density at radius 2 is 2.11 bits per heavy atom. The summed E-state index contributed by atoms with van der Waals surface area (Å²) >= 11 is 0. The molecule has 0 aliphatic heterocycles. The molecule has 0 atom stereocenters. The number of benzene rings is 1. The second-order valence-corrected chi connectivity index (χ2v) is 4.36. The fraction of sp³-hybridized carbons (Fsp3) is 0.286. The predicted molar refractivity (Wildman–Crippen MR) is 74.2 cm³/mol. The molecule has 5 heteroatoms. The highest BCUT2D eigenvalue weighted by atomic mass is 16.2. The fourth-order valence-electron chi connectivity index (χ4n) is 1.88. The number of nitrogen functional groups attached to an aromatic ring is 1. The van der Waals surface area contributed by atoms with Gasteiger partial charge in [-0.2, -0.15) is 5.10 Å². The van der Waals surface area contributed by atoms with Crippen LogP contribution in [-0.2, 0) is 17.9 Å². The van der Waals surface area contributed by atoms with Crippen LogP contribution < -0.4 is 5.73 Å². The Labute approximate surface area is 112 Å². The van der Waals surface area contributed by atoms with E-state index < -0.39 is 0 Å². The lowest BCUT2D eigenvalue weighted by molar-refractivity contribution is -0.132. The third-order valence-electron chi connectivity index (χ3n) is 2.90. The van der Waals surface area contributed by atoms with Crippen molar-refractivity contribution in [3.63, 3.8) is 0 Å². The zero-order valence-electron chi connectivity index (χ0n) is 11.0. The number of hydrogen-bond acceptors (Lipinski definition) is 3. The number of carbonyl (C=O) groups is 1. The van der Waals surface area contributed by atoms with Crippen molar-refractivity contribution in [2.45, 2.75) is 20.0 Å². The van der Waals surface area contributed by atoms with Gasteiger partial charge in [-0.1, -0.05) is 30.3 Å². The second-order valence-electron chi connectivity index (χ2n) is 4.36. The summed E-state index contributed by atoms with van der Waals surface area (Å²) in [7, 11) is 0. The van der Waals surface area contributed by atoms with Crippen LogP contribution in [0.1, 0.15) is 12.5 Å². The molecular formula is C14H18N4O. The zero-order chi connectivity index (χ0) is 13.7. The molecule has 0 aliphatic rings. The maximum atomic E-state index is 12.2. The number of likely N-dealkylation sites (N-methyl/N-ethyl adjacent to an activating group) is 1. The van der Waals surface area contributed by atoms with E-state index in [0.29, 0.717) is 18.8 Å². The summed E-state index contributed by atoms with van der Waals surface area (Å²) in [5, 5.41) is 4.02. The highest BCUT2D eigenvalue weighted by Crippen LogP contribution is 2.06. The summed E-state index contributed by atoms with van der Waals surface area (Å²) in [5.74, 6) is 0.0365. The summed E-state index contributed by atoms with van der Waals surface area (Å²) in [6.07, 6.45) is 3.20. The minimum Gasteiger partial charge on any atom is -0.396 e. The molecule has 0 saturated heterocycles. The maximum absolute atomic E-state index is 12.2. The second kappa shape index (κ2) is 6.04. The quantitative estimate of drug-likeness (QED) is 0.884. The first-order valence-electron chi connectivity index (χ1n) is 6.28. The molecular weight excluding hydrogens is 240 g/mol. The normalized spacial score (nSPS) is 10.4. The van der Waals surface area contributed by atoms with Crippen molar-refractivity contribution in [2.24, 2.45) is 0 Å². The molecule has 1 aromatic carbocycles. The van der Waals surface area contributed by atoms with Gasteiger partial charge in [0.05, 0.1) is 11.9 Å². The van der Waals surface area contributed by atoms with E-state index in [1.807, 2.05) is 37.3 Å². The third-order valence-corrected chi connectivity index (χ3v) is 2.90. The molecule has 0 aliphatic carbocycles. The van der Waals surface area contributed by atoms with E-state index in [9.17, 15) is 4.79 Å².